The maximum absolute atomic E-state index is 8.93. The lowest BCUT2D eigenvalue weighted by Gasteiger charge is -2.30. The van der Waals surface area contributed by atoms with E-state index in [2.05, 4.69) is 25.7 Å². The topological polar surface area (TPSA) is 41.9 Å². The fourth-order valence-electron chi connectivity index (χ4n) is 2.84. The Balaban J connectivity index is 1.90. The Morgan fingerprint density at radius 1 is 1.47 bits per heavy atom. The number of rotatable bonds is 4. The summed E-state index contributed by atoms with van der Waals surface area (Å²) in [6.45, 7) is 9.50. The zero-order valence-electron chi connectivity index (χ0n) is 11.2. The first kappa shape index (κ1) is 13.3. The summed E-state index contributed by atoms with van der Waals surface area (Å²) in [5.74, 6) is 0.0114. The molecule has 2 fully saturated rings. The second-order valence-corrected chi connectivity index (χ2v) is 5.65. The van der Waals surface area contributed by atoms with Crippen LogP contribution in [-0.4, -0.2) is 54.2 Å². The monoisotopic (exact) mass is 243 g/mol. The third-order valence-electron chi connectivity index (χ3n) is 4.10. The van der Waals surface area contributed by atoms with Crippen LogP contribution in [0, 0.1) is 5.92 Å². The molecule has 2 aliphatic rings. The van der Waals surface area contributed by atoms with Crippen molar-refractivity contribution in [2.24, 2.45) is 5.92 Å². The number of nitrogens with zero attached hydrogens (tertiary/aromatic N) is 1. The van der Waals surface area contributed by atoms with Gasteiger partial charge in [-0.1, -0.05) is 0 Å². The predicted octanol–water partition coefficient (Wildman–Crippen LogP) is 1.23. The lowest BCUT2D eigenvalue weighted by Crippen LogP contribution is -2.39. The molecule has 2 aliphatic heterocycles. The minimum atomic E-state index is -0.441. The summed E-state index contributed by atoms with van der Waals surface area (Å²) in [5.41, 5.74) is 0. The Labute approximate surface area is 104 Å². The van der Waals surface area contributed by atoms with E-state index >= 15 is 0 Å². The second kappa shape index (κ2) is 5.22. The van der Waals surface area contributed by atoms with Crippen LogP contribution in [0.3, 0.4) is 0 Å². The first-order valence-corrected chi connectivity index (χ1v) is 6.72. The van der Waals surface area contributed by atoms with E-state index in [1.54, 1.807) is 0 Å². The van der Waals surface area contributed by atoms with E-state index in [-0.39, 0.29) is 12.7 Å². The highest BCUT2D eigenvalue weighted by molar-refractivity contribution is 4.89. The Bertz CT molecular complexity index is 259. The first-order chi connectivity index (χ1) is 8.05. The second-order valence-electron chi connectivity index (χ2n) is 5.65. The van der Waals surface area contributed by atoms with Crippen molar-refractivity contribution in [3.05, 3.63) is 0 Å². The molecule has 0 saturated carbocycles. The fourth-order valence-corrected chi connectivity index (χ4v) is 2.84. The van der Waals surface area contributed by atoms with Crippen molar-refractivity contribution in [2.75, 3.05) is 26.3 Å². The molecule has 2 saturated heterocycles. The van der Waals surface area contributed by atoms with Crippen LogP contribution in [0.15, 0.2) is 0 Å². The molecular formula is C13H25NO3. The van der Waals surface area contributed by atoms with E-state index in [1.807, 2.05) is 0 Å². The van der Waals surface area contributed by atoms with Crippen molar-refractivity contribution in [1.82, 2.24) is 4.90 Å². The fraction of sp³-hybridized carbons (Fsp3) is 1.00. The van der Waals surface area contributed by atoms with Crippen molar-refractivity contribution >= 4 is 0 Å². The minimum Gasteiger partial charge on any atom is -0.396 e. The molecule has 0 aromatic rings. The van der Waals surface area contributed by atoms with Crippen LogP contribution < -0.4 is 0 Å². The summed E-state index contributed by atoms with van der Waals surface area (Å²) in [7, 11) is 0. The summed E-state index contributed by atoms with van der Waals surface area (Å²) in [6.07, 6.45) is 1.88. The summed E-state index contributed by atoms with van der Waals surface area (Å²) in [6, 6.07) is 0.596. The third kappa shape index (κ3) is 2.81. The molecule has 0 aromatic carbocycles. The van der Waals surface area contributed by atoms with Gasteiger partial charge in [0, 0.05) is 25.1 Å². The highest BCUT2D eigenvalue weighted by Crippen LogP contribution is 2.37. The van der Waals surface area contributed by atoms with Gasteiger partial charge in [-0.2, -0.15) is 0 Å². The van der Waals surface area contributed by atoms with E-state index in [1.165, 1.54) is 0 Å². The van der Waals surface area contributed by atoms with Gasteiger partial charge in [0.15, 0.2) is 5.79 Å². The first-order valence-electron chi connectivity index (χ1n) is 6.72. The van der Waals surface area contributed by atoms with Crippen LogP contribution in [-0.2, 0) is 9.47 Å². The van der Waals surface area contributed by atoms with Gasteiger partial charge < -0.3 is 19.5 Å². The molecular weight excluding hydrogens is 218 g/mol. The van der Waals surface area contributed by atoms with E-state index < -0.39 is 5.79 Å². The standard InChI is InChI=1S/C13H25NO3/c1-10(2)14-6-4-11(8-14)13(3)16-9-12(17-13)5-7-15/h10-12,15H,4-9H2,1-3H3. The largest absolute Gasteiger partial charge is 0.396 e. The van der Waals surface area contributed by atoms with Crippen LogP contribution in [0.5, 0.6) is 0 Å². The lowest BCUT2D eigenvalue weighted by molar-refractivity contribution is -0.189. The van der Waals surface area contributed by atoms with Gasteiger partial charge >= 0.3 is 0 Å². The molecule has 0 bridgehead atoms. The highest BCUT2D eigenvalue weighted by atomic mass is 16.7. The highest BCUT2D eigenvalue weighted by Gasteiger charge is 2.46. The Kier molecular flexibility index (Phi) is 4.08. The van der Waals surface area contributed by atoms with E-state index in [4.69, 9.17) is 14.6 Å². The molecule has 0 spiro atoms. The smallest absolute Gasteiger partial charge is 0.170 e. The minimum absolute atomic E-state index is 0.0677. The van der Waals surface area contributed by atoms with Crippen LogP contribution in [0.2, 0.25) is 0 Å². The number of hydrogen-bond acceptors (Lipinski definition) is 4. The Morgan fingerprint density at radius 2 is 2.24 bits per heavy atom. The van der Waals surface area contributed by atoms with Gasteiger partial charge in [0.05, 0.1) is 12.7 Å². The molecule has 4 nitrogen and oxygen atoms in total. The van der Waals surface area contributed by atoms with Gasteiger partial charge in [0.25, 0.3) is 0 Å². The van der Waals surface area contributed by atoms with Crippen LogP contribution >= 0.6 is 0 Å². The lowest BCUT2D eigenvalue weighted by atomic mass is 9.99. The molecule has 100 valence electrons. The zero-order chi connectivity index (χ0) is 12.5. The number of aliphatic hydroxyl groups excluding tert-OH is 1. The molecule has 0 amide bonds. The Hall–Kier alpha value is -0.160. The number of hydrogen-bond donors (Lipinski definition) is 1. The zero-order valence-corrected chi connectivity index (χ0v) is 11.2. The van der Waals surface area contributed by atoms with Crippen molar-refractivity contribution in [1.29, 1.82) is 0 Å². The van der Waals surface area contributed by atoms with Crippen molar-refractivity contribution in [3.63, 3.8) is 0 Å². The predicted molar refractivity (Wildman–Crippen MR) is 65.7 cm³/mol. The third-order valence-corrected chi connectivity index (χ3v) is 4.10. The summed E-state index contributed by atoms with van der Waals surface area (Å²) in [4.78, 5) is 2.47. The van der Waals surface area contributed by atoms with Crippen molar-refractivity contribution in [2.45, 2.75) is 51.5 Å². The van der Waals surface area contributed by atoms with Crippen LogP contribution in [0.25, 0.3) is 0 Å². The molecule has 4 heteroatoms. The van der Waals surface area contributed by atoms with Gasteiger partial charge in [0.2, 0.25) is 0 Å². The average molecular weight is 243 g/mol. The number of aliphatic hydroxyl groups is 1. The van der Waals surface area contributed by atoms with Gasteiger partial charge in [-0.3, -0.25) is 0 Å². The maximum Gasteiger partial charge on any atom is 0.170 e. The number of ether oxygens (including phenoxy) is 2. The van der Waals surface area contributed by atoms with Gasteiger partial charge in [-0.25, -0.2) is 0 Å². The summed E-state index contributed by atoms with van der Waals surface area (Å²) in [5, 5.41) is 8.93. The van der Waals surface area contributed by atoms with E-state index in [0.717, 1.165) is 19.5 Å². The van der Waals surface area contributed by atoms with Gasteiger partial charge in [-0.05, 0) is 40.2 Å². The summed E-state index contributed by atoms with van der Waals surface area (Å²) < 4.78 is 11.9. The molecule has 2 heterocycles. The van der Waals surface area contributed by atoms with Crippen molar-refractivity contribution in [3.8, 4) is 0 Å². The molecule has 2 rings (SSSR count). The van der Waals surface area contributed by atoms with Crippen LogP contribution in [0.1, 0.15) is 33.6 Å². The summed E-state index contributed by atoms with van der Waals surface area (Å²) >= 11 is 0. The Morgan fingerprint density at radius 3 is 2.82 bits per heavy atom. The molecule has 0 radical (unpaired) electrons. The van der Waals surface area contributed by atoms with Gasteiger partial charge in [-0.15, -0.1) is 0 Å². The SMILES string of the molecule is CC(C)N1CCC(C2(C)OCC(CCO)O2)C1. The van der Waals surface area contributed by atoms with E-state index in [0.29, 0.717) is 25.0 Å². The molecule has 0 aliphatic carbocycles. The van der Waals surface area contributed by atoms with E-state index in [9.17, 15) is 0 Å². The normalized spacial score (nSPS) is 39.4. The molecule has 17 heavy (non-hydrogen) atoms. The van der Waals surface area contributed by atoms with Crippen LogP contribution in [0.4, 0.5) is 0 Å². The quantitative estimate of drug-likeness (QED) is 0.806. The average Bonchev–Trinajstić information content (AvgIpc) is 2.86. The van der Waals surface area contributed by atoms with Gasteiger partial charge in [0.1, 0.15) is 0 Å². The molecule has 3 atom stereocenters. The molecule has 0 aromatic heterocycles. The number of likely N-dealkylation sites (tertiary alicyclic amines) is 1. The van der Waals surface area contributed by atoms with Crippen molar-refractivity contribution < 1.29 is 14.6 Å². The molecule has 1 N–H and O–H groups in total. The maximum atomic E-state index is 8.93. The molecule has 3 unspecified atom stereocenters.